The molecule has 0 bridgehead atoms. The first-order valence-electron chi connectivity index (χ1n) is 6.36. The van der Waals surface area contributed by atoms with Crippen LogP contribution in [0.15, 0.2) is 16.6 Å². The first-order chi connectivity index (χ1) is 8.26. The van der Waals surface area contributed by atoms with E-state index in [1.165, 1.54) is 34.9 Å². The Morgan fingerprint density at radius 3 is 2.82 bits per heavy atom. The molecule has 0 aromatic heterocycles. The summed E-state index contributed by atoms with van der Waals surface area (Å²) in [5.41, 5.74) is 2.60. The summed E-state index contributed by atoms with van der Waals surface area (Å²) in [5, 5.41) is 3.57. The average molecular weight is 298 g/mol. The molecule has 0 amide bonds. The number of rotatable bonds is 3. The number of methoxy groups -OCH3 is 1. The number of benzene rings is 1. The molecule has 0 aliphatic carbocycles. The Labute approximate surface area is 112 Å². The highest BCUT2D eigenvalue weighted by Gasteiger charge is 2.17. The zero-order valence-corrected chi connectivity index (χ0v) is 12.1. The third kappa shape index (κ3) is 2.83. The second-order valence-electron chi connectivity index (χ2n) is 4.54. The normalized spacial score (nSPS) is 20.3. The minimum absolute atomic E-state index is 0.486. The van der Waals surface area contributed by atoms with Crippen molar-refractivity contribution < 1.29 is 4.74 Å². The second-order valence-corrected chi connectivity index (χ2v) is 5.39. The molecule has 3 heteroatoms. The SMILES string of the molecule is CCc1c(Br)cc(C2CCCCN2)cc1OC. The summed E-state index contributed by atoms with van der Waals surface area (Å²) < 4.78 is 6.66. The van der Waals surface area contributed by atoms with Crippen LogP contribution in [0.25, 0.3) is 0 Å². The maximum Gasteiger partial charge on any atom is 0.123 e. The van der Waals surface area contributed by atoms with Gasteiger partial charge in [-0.15, -0.1) is 0 Å². The molecule has 17 heavy (non-hydrogen) atoms. The number of hydrogen-bond donors (Lipinski definition) is 1. The quantitative estimate of drug-likeness (QED) is 0.915. The molecular formula is C14H20BrNO. The van der Waals surface area contributed by atoms with E-state index < -0.39 is 0 Å². The Bertz CT molecular complexity index is 386. The van der Waals surface area contributed by atoms with Crippen molar-refractivity contribution in [2.45, 2.75) is 38.6 Å². The van der Waals surface area contributed by atoms with Crippen LogP contribution in [0, 0.1) is 0 Å². The van der Waals surface area contributed by atoms with Gasteiger partial charge in [-0.25, -0.2) is 0 Å². The maximum atomic E-state index is 5.49. The highest BCUT2D eigenvalue weighted by Crippen LogP contribution is 2.33. The molecule has 2 rings (SSSR count). The lowest BCUT2D eigenvalue weighted by molar-refractivity contribution is 0.397. The van der Waals surface area contributed by atoms with E-state index in [2.05, 4.69) is 40.3 Å². The first-order valence-corrected chi connectivity index (χ1v) is 7.15. The summed E-state index contributed by atoms with van der Waals surface area (Å²) in [6.45, 7) is 3.28. The van der Waals surface area contributed by atoms with Gasteiger partial charge in [0.2, 0.25) is 0 Å². The Morgan fingerprint density at radius 2 is 2.24 bits per heavy atom. The van der Waals surface area contributed by atoms with Crippen LogP contribution in [-0.2, 0) is 6.42 Å². The minimum atomic E-state index is 0.486. The molecule has 1 unspecified atom stereocenters. The number of nitrogens with one attached hydrogen (secondary N) is 1. The van der Waals surface area contributed by atoms with Gasteiger partial charge in [0.25, 0.3) is 0 Å². The summed E-state index contributed by atoms with van der Waals surface area (Å²) >= 11 is 3.66. The number of hydrogen-bond acceptors (Lipinski definition) is 2. The molecule has 1 N–H and O–H groups in total. The predicted molar refractivity (Wildman–Crippen MR) is 74.7 cm³/mol. The van der Waals surface area contributed by atoms with Crippen molar-refractivity contribution in [3.8, 4) is 5.75 Å². The Balaban J connectivity index is 2.31. The Kier molecular flexibility index (Phi) is 4.46. The summed E-state index contributed by atoms with van der Waals surface area (Å²) in [7, 11) is 1.75. The third-order valence-corrected chi connectivity index (χ3v) is 4.17. The highest BCUT2D eigenvalue weighted by molar-refractivity contribution is 9.10. The lowest BCUT2D eigenvalue weighted by Crippen LogP contribution is -2.26. The molecule has 0 spiro atoms. The molecule has 1 fully saturated rings. The van der Waals surface area contributed by atoms with Crippen LogP contribution in [0.5, 0.6) is 5.75 Å². The van der Waals surface area contributed by atoms with Crippen LogP contribution >= 0.6 is 15.9 Å². The summed E-state index contributed by atoms with van der Waals surface area (Å²) in [5.74, 6) is 1.00. The minimum Gasteiger partial charge on any atom is -0.496 e. The monoisotopic (exact) mass is 297 g/mol. The van der Waals surface area contributed by atoms with Gasteiger partial charge in [0.05, 0.1) is 7.11 Å². The van der Waals surface area contributed by atoms with Gasteiger partial charge in [0, 0.05) is 16.1 Å². The fraction of sp³-hybridized carbons (Fsp3) is 0.571. The third-order valence-electron chi connectivity index (χ3n) is 3.46. The van der Waals surface area contributed by atoms with Crippen molar-refractivity contribution in [3.63, 3.8) is 0 Å². The van der Waals surface area contributed by atoms with Crippen LogP contribution in [-0.4, -0.2) is 13.7 Å². The highest BCUT2D eigenvalue weighted by atomic mass is 79.9. The molecule has 0 saturated carbocycles. The lowest BCUT2D eigenvalue weighted by atomic mass is 9.96. The zero-order chi connectivity index (χ0) is 12.3. The lowest BCUT2D eigenvalue weighted by Gasteiger charge is -2.25. The fourth-order valence-corrected chi connectivity index (χ4v) is 3.23. The van der Waals surface area contributed by atoms with E-state index in [-0.39, 0.29) is 0 Å². The molecule has 2 nitrogen and oxygen atoms in total. The van der Waals surface area contributed by atoms with Crippen LogP contribution < -0.4 is 10.1 Å². The average Bonchev–Trinajstić information content (AvgIpc) is 2.38. The largest absolute Gasteiger partial charge is 0.496 e. The van der Waals surface area contributed by atoms with E-state index >= 15 is 0 Å². The van der Waals surface area contributed by atoms with Gasteiger partial charge in [-0.2, -0.15) is 0 Å². The van der Waals surface area contributed by atoms with Crippen molar-refractivity contribution in [3.05, 3.63) is 27.7 Å². The number of piperidine rings is 1. The van der Waals surface area contributed by atoms with Gasteiger partial charge >= 0.3 is 0 Å². The molecule has 1 saturated heterocycles. The molecule has 94 valence electrons. The van der Waals surface area contributed by atoms with Gasteiger partial charge in [-0.3, -0.25) is 0 Å². The molecule has 1 aromatic rings. The Morgan fingerprint density at radius 1 is 1.41 bits per heavy atom. The van der Waals surface area contributed by atoms with Crippen molar-refractivity contribution in [1.29, 1.82) is 0 Å². The standard InChI is InChI=1S/C14H20BrNO/c1-3-11-12(15)8-10(9-14(11)17-2)13-6-4-5-7-16-13/h8-9,13,16H,3-7H2,1-2H3. The predicted octanol–water partition coefficient (Wildman–Crippen LogP) is 3.83. The smallest absolute Gasteiger partial charge is 0.123 e. The first kappa shape index (κ1) is 12.9. The van der Waals surface area contributed by atoms with E-state index in [4.69, 9.17) is 4.74 Å². The van der Waals surface area contributed by atoms with Gasteiger partial charge in [0.1, 0.15) is 5.75 Å². The van der Waals surface area contributed by atoms with Crippen LogP contribution in [0.2, 0.25) is 0 Å². The van der Waals surface area contributed by atoms with Crippen LogP contribution in [0.3, 0.4) is 0 Å². The molecule has 1 atom stereocenters. The van der Waals surface area contributed by atoms with Gasteiger partial charge in [0.15, 0.2) is 0 Å². The molecule has 1 aromatic carbocycles. The van der Waals surface area contributed by atoms with Crippen molar-refractivity contribution in [2.24, 2.45) is 0 Å². The molecule has 1 heterocycles. The van der Waals surface area contributed by atoms with Crippen LogP contribution in [0.4, 0.5) is 0 Å². The van der Waals surface area contributed by atoms with E-state index in [9.17, 15) is 0 Å². The van der Waals surface area contributed by atoms with E-state index in [0.29, 0.717) is 6.04 Å². The van der Waals surface area contributed by atoms with Gasteiger partial charge in [-0.05, 0) is 43.5 Å². The topological polar surface area (TPSA) is 21.3 Å². The molecule has 1 aliphatic heterocycles. The molecule has 0 radical (unpaired) electrons. The number of ether oxygens (including phenoxy) is 1. The zero-order valence-electron chi connectivity index (χ0n) is 10.6. The van der Waals surface area contributed by atoms with E-state index in [0.717, 1.165) is 18.7 Å². The second kappa shape index (κ2) is 5.87. The molecule has 1 aliphatic rings. The van der Waals surface area contributed by atoms with Gasteiger partial charge in [-0.1, -0.05) is 29.3 Å². The maximum absolute atomic E-state index is 5.49. The summed E-state index contributed by atoms with van der Waals surface area (Å²) in [4.78, 5) is 0. The van der Waals surface area contributed by atoms with E-state index in [1.807, 2.05) is 0 Å². The fourth-order valence-electron chi connectivity index (χ4n) is 2.49. The molecular weight excluding hydrogens is 278 g/mol. The van der Waals surface area contributed by atoms with Gasteiger partial charge < -0.3 is 10.1 Å². The Hall–Kier alpha value is -0.540. The van der Waals surface area contributed by atoms with Crippen molar-refractivity contribution in [2.75, 3.05) is 13.7 Å². The van der Waals surface area contributed by atoms with Crippen molar-refractivity contribution >= 4 is 15.9 Å². The summed E-state index contributed by atoms with van der Waals surface area (Å²) in [6, 6.07) is 4.91. The van der Waals surface area contributed by atoms with Crippen LogP contribution in [0.1, 0.15) is 43.4 Å². The van der Waals surface area contributed by atoms with Crippen molar-refractivity contribution in [1.82, 2.24) is 5.32 Å². The number of halogens is 1. The van der Waals surface area contributed by atoms with E-state index in [1.54, 1.807) is 7.11 Å². The summed E-state index contributed by atoms with van der Waals surface area (Å²) in [6.07, 6.45) is 4.82.